The second-order valence-corrected chi connectivity index (χ2v) is 9.71. The Bertz CT molecular complexity index is 1320. The molecule has 0 saturated carbocycles. The third-order valence-corrected chi connectivity index (χ3v) is 6.51. The van der Waals surface area contributed by atoms with Crippen LogP contribution in [0.5, 0.6) is 0 Å². The first kappa shape index (κ1) is 30.3. The van der Waals surface area contributed by atoms with Crippen molar-refractivity contribution in [2.24, 2.45) is 5.73 Å². The molecular formula is C28H35N5O7. The summed E-state index contributed by atoms with van der Waals surface area (Å²) < 4.78 is 0. The summed E-state index contributed by atoms with van der Waals surface area (Å²) in [6, 6.07) is 10.7. The summed E-state index contributed by atoms with van der Waals surface area (Å²) >= 11 is 0. The highest BCUT2D eigenvalue weighted by Crippen LogP contribution is 2.19. The number of fused-ring (bicyclic) bond motifs is 1. The topological polar surface area (TPSA) is 207 Å². The lowest BCUT2D eigenvalue weighted by Crippen LogP contribution is -2.61. The maximum atomic E-state index is 13.5. The number of nitrogens with one attached hydrogen (secondary N) is 4. The van der Waals surface area contributed by atoms with Gasteiger partial charge in [-0.2, -0.15) is 0 Å². The van der Waals surface area contributed by atoms with E-state index in [2.05, 4.69) is 20.9 Å². The molecule has 1 aromatic heterocycles. The quantitative estimate of drug-likeness (QED) is 0.139. The summed E-state index contributed by atoms with van der Waals surface area (Å²) in [5.74, 6) is -3.78. The van der Waals surface area contributed by atoms with E-state index in [9.17, 15) is 34.5 Å². The molecule has 40 heavy (non-hydrogen) atoms. The number of aromatic nitrogens is 1. The van der Waals surface area contributed by atoms with E-state index in [-0.39, 0.29) is 12.8 Å². The number of aliphatic carboxylic acids is 1. The second kappa shape index (κ2) is 13.7. The van der Waals surface area contributed by atoms with Gasteiger partial charge in [-0.25, -0.2) is 4.79 Å². The number of amides is 3. The summed E-state index contributed by atoms with van der Waals surface area (Å²) in [6.07, 6.45) is -0.917. The molecule has 0 spiro atoms. The molecule has 0 fully saturated rings. The molecule has 12 nitrogen and oxygen atoms in total. The van der Waals surface area contributed by atoms with Crippen LogP contribution in [0.2, 0.25) is 0 Å². The highest BCUT2D eigenvalue weighted by molar-refractivity contribution is 5.95. The van der Waals surface area contributed by atoms with Gasteiger partial charge in [0.15, 0.2) is 0 Å². The van der Waals surface area contributed by atoms with Gasteiger partial charge < -0.3 is 42.0 Å². The average molecular weight is 554 g/mol. The zero-order valence-electron chi connectivity index (χ0n) is 22.2. The van der Waals surface area contributed by atoms with Gasteiger partial charge in [0.1, 0.15) is 24.2 Å². The number of carbonyl (C=O) groups excluding carboxylic acids is 3. The molecule has 1 heterocycles. The number of carboxylic acids is 1. The van der Waals surface area contributed by atoms with Crippen molar-refractivity contribution in [3.05, 3.63) is 71.9 Å². The summed E-state index contributed by atoms with van der Waals surface area (Å²) in [5.41, 5.74) is 7.83. The number of para-hydroxylation sites is 1. The maximum absolute atomic E-state index is 13.5. The van der Waals surface area contributed by atoms with Crippen LogP contribution in [0.25, 0.3) is 10.9 Å². The Morgan fingerprint density at radius 1 is 0.800 bits per heavy atom. The molecule has 0 bridgehead atoms. The number of rotatable bonds is 13. The van der Waals surface area contributed by atoms with Gasteiger partial charge in [0.25, 0.3) is 0 Å². The van der Waals surface area contributed by atoms with E-state index in [0.717, 1.165) is 10.9 Å². The van der Waals surface area contributed by atoms with Crippen molar-refractivity contribution >= 4 is 34.6 Å². The smallest absolute Gasteiger partial charge is 0.326 e. The van der Waals surface area contributed by atoms with Gasteiger partial charge in [-0.15, -0.1) is 0 Å². The lowest BCUT2D eigenvalue weighted by molar-refractivity contribution is -0.142. The first-order valence-electron chi connectivity index (χ1n) is 12.8. The fraction of sp³-hybridized carbons (Fsp3) is 0.357. The van der Waals surface area contributed by atoms with Crippen molar-refractivity contribution < 1.29 is 34.5 Å². The highest BCUT2D eigenvalue weighted by Gasteiger charge is 2.33. The fourth-order valence-corrected chi connectivity index (χ4v) is 4.19. The molecule has 3 rings (SSSR count). The molecule has 2 aromatic carbocycles. The number of benzene rings is 2. The number of aliphatic hydroxyl groups excluding tert-OH is 2. The van der Waals surface area contributed by atoms with Gasteiger partial charge >= 0.3 is 5.97 Å². The summed E-state index contributed by atoms with van der Waals surface area (Å²) in [5, 5.41) is 37.8. The summed E-state index contributed by atoms with van der Waals surface area (Å²) in [4.78, 5) is 54.2. The van der Waals surface area contributed by atoms with Crippen LogP contribution < -0.4 is 21.7 Å². The number of nitrogens with two attached hydrogens (primary N) is 1. The molecule has 9 N–H and O–H groups in total. The van der Waals surface area contributed by atoms with Gasteiger partial charge in [0.05, 0.1) is 12.2 Å². The zero-order valence-corrected chi connectivity index (χ0v) is 22.2. The lowest BCUT2D eigenvalue weighted by atomic mass is 10.0. The molecule has 214 valence electrons. The van der Waals surface area contributed by atoms with Crippen molar-refractivity contribution in [3.63, 3.8) is 0 Å². The van der Waals surface area contributed by atoms with Gasteiger partial charge in [0.2, 0.25) is 17.7 Å². The van der Waals surface area contributed by atoms with Crippen molar-refractivity contribution in [1.29, 1.82) is 0 Å². The largest absolute Gasteiger partial charge is 0.480 e. The van der Waals surface area contributed by atoms with E-state index < -0.39 is 60.1 Å². The van der Waals surface area contributed by atoms with E-state index in [1.54, 1.807) is 36.5 Å². The fourth-order valence-electron chi connectivity index (χ4n) is 4.19. The molecule has 6 atom stereocenters. The molecule has 12 heteroatoms. The van der Waals surface area contributed by atoms with Gasteiger partial charge in [0, 0.05) is 29.9 Å². The van der Waals surface area contributed by atoms with Crippen LogP contribution in [0.1, 0.15) is 25.0 Å². The van der Waals surface area contributed by atoms with Crippen LogP contribution in [0.3, 0.4) is 0 Å². The van der Waals surface area contributed by atoms with E-state index in [1.165, 1.54) is 13.8 Å². The molecular weight excluding hydrogens is 518 g/mol. The predicted molar refractivity (Wildman–Crippen MR) is 147 cm³/mol. The monoisotopic (exact) mass is 553 g/mol. The first-order valence-corrected chi connectivity index (χ1v) is 12.8. The highest BCUT2D eigenvalue weighted by atomic mass is 16.4. The van der Waals surface area contributed by atoms with Crippen LogP contribution in [0.4, 0.5) is 0 Å². The normalized spacial score (nSPS) is 15.7. The average Bonchev–Trinajstić information content (AvgIpc) is 3.33. The van der Waals surface area contributed by atoms with Crippen LogP contribution >= 0.6 is 0 Å². The third-order valence-electron chi connectivity index (χ3n) is 6.51. The molecule has 0 saturated heterocycles. The second-order valence-electron chi connectivity index (χ2n) is 9.71. The minimum atomic E-state index is -1.50. The standard InChI is InChI=1S/C28H35N5O7/c1-15(34)23(29)26(37)33-24(16(2)35)27(38)31-21(13-18-14-30-20-11-7-6-10-19(18)20)25(36)32-22(28(39)40)12-17-8-4-3-5-9-17/h3-11,14-16,21-24,30,34-35H,12-13,29H2,1-2H3,(H,31,38)(H,32,36)(H,33,37)(H,39,40). The van der Waals surface area contributed by atoms with Gasteiger partial charge in [-0.1, -0.05) is 48.5 Å². The third kappa shape index (κ3) is 7.88. The molecule has 3 aromatic rings. The number of aromatic amines is 1. The number of H-pyrrole nitrogens is 1. The molecule has 6 unspecified atom stereocenters. The van der Waals surface area contributed by atoms with Crippen molar-refractivity contribution in [1.82, 2.24) is 20.9 Å². The molecule has 0 aliphatic rings. The number of hydrogen-bond acceptors (Lipinski definition) is 7. The number of carbonyl (C=O) groups is 4. The lowest BCUT2D eigenvalue weighted by Gasteiger charge is -2.27. The van der Waals surface area contributed by atoms with Crippen LogP contribution in [0, 0.1) is 0 Å². The van der Waals surface area contributed by atoms with Crippen molar-refractivity contribution in [3.8, 4) is 0 Å². The Hall–Kier alpha value is -4.26. The Balaban J connectivity index is 1.86. The molecule has 3 amide bonds. The first-order chi connectivity index (χ1) is 19.0. The number of hydrogen-bond donors (Lipinski definition) is 8. The minimum Gasteiger partial charge on any atom is -0.480 e. The van der Waals surface area contributed by atoms with E-state index >= 15 is 0 Å². The Labute approximate surface area is 231 Å². The molecule has 0 aliphatic carbocycles. The molecule has 0 aliphatic heterocycles. The summed E-state index contributed by atoms with van der Waals surface area (Å²) in [7, 11) is 0. The Morgan fingerprint density at radius 3 is 2.05 bits per heavy atom. The SMILES string of the molecule is CC(O)C(N)C(=O)NC(C(=O)NC(Cc1c[nH]c2ccccc12)C(=O)NC(Cc1ccccc1)C(=O)O)C(C)O. The van der Waals surface area contributed by atoms with E-state index in [1.807, 2.05) is 24.3 Å². The number of aliphatic hydroxyl groups is 2. The van der Waals surface area contributed by atoms with Crippen molar-refractivity contribution in [2.45, 2.75) is 63.1 Å². The van der Waals surface area contributed by atoms with Crippen LogP contribution in [-0.2, 0) is 32.0 Å². The van der Waals surface area contributed by atoms with E-state index in [4.69, 9.17) is 5.73 Å². The minimum absolute atomic E-state index is 0.0131. The predicted octanol–water partition coefficient (Wildman–Crippen LogP) is -0.419. The Kier molecular flexibility index (Phi) is 10.4. The van der Waals surface area contributed by atoms with Crippen LogP contribution in [0.15, 0.2) is 60.8 Å². The van der Waals surface area contributed by atoms with Crippen LogP contribution in [-0.4, -0.2) is 80.4 Å². The Morgan fingerprint density at radius 2 is 1.43 bits per heavy atom. The van der Waals surface area contributed by atoms with E-state index in [0.29, 0.717) is 11.1 Å². The number of carboxylic acid groups (broad SMARTS) is 1. The van der Waals surface area contributed by atoms with Gasteiger partial charge in [-0.3, -0.25) is 14.4 Å². The van der Waals surface area contributed by atoms with Crippen molar-refractivity contribution in [2.75, 3.05) is 0 Å². The maximum Gasteiger partial charge on any atom is 0.326 e. The summed E-state index contributed by atoms with van der Waals surface area (Å²) in [6.45, 7) is 2.57. The van der Waals surface area contributed by atoms with Gasteiger partial charge in [-0.05, 0) is 31.0 Å². The molecule has 0 radical (unpaired) electrons. The zero-order chi connectivity index (χ0) is 29.4.